The molecule has 114 valence electrons. The number of nitrogens with zero attached hydrogens (tertiary/aromatic N) is 1. The van der Waals surface area contributed by atoms with E-state index in [9.17, 15) is 9.59 Å². The molecule has 1 saturated carbocycles. The van der Waals surface area contributed by atoms with Crippen molar-refractivity contribution in [3.05, 3.63) is 0 Å². The highest BCUT2D eigenvalue weighted by atomic mass is 16.5. The summed E-state index contributed by atoms with van der Waals surface area (Å²) in [6, 6.07) is 0.227. The summed E-state index contributed by atoms with van der Waals surface area (Å²) >= 11 is 0. The van der Waals surface area contributed by atoms with Crippen LogP contribution in [-0.4, -0.2) is 55.6 Å². The molecule has 0 spiro atoms. The Balaban J connectivity index is 1.67. The van der Waals surface area contributed by atoms with E-state index in [2.05, 4.69) is 4.90 Å². The van der Waals surface area contributed by atoms with Gasteiger partial charge in [-0.2, -0.15) is 0 Å². The second-order valence-electron chi connectivity index (χ2n) is 5.87. The molecule has 20 heavy (non-hydrogen) atoms. The smallest absolute Gasteiger partial charge is 0.308 e. The summed E-state index contributed by atoms with van der Waals surface area (Å²) < 4.78 is 11.0. The number of likely N-dealkylation sites (tertiary alicyclic amines) is 1. The Morgan fingerprint density at radius 2 is 2.00 bits per heavy atom. The molecule has 1 saturated heterocycles. The van der Waals surface area contributed by atoms with Gasteiger partial charge in [-0.25, -0.2) is 0 Å². The van der Waals surface area contributed by atoms with Crippen LogP contribution in [0.25, 0.3) is 0 Å². The van der Waals surface area contributed by atoms with Gasteiger partial charge < -0.3 is 9.47 Å². The summed E-state index contributed by atoms with van der Waals surface area (Å²) in [5.41, 5.74) is 0. The molecule has 5 heteroatoms. The maximum Gasteiger partial charge on any atom is 0.308 e. The van der Waals surface area contributed by atoms with Gasteiger partial charge in [0.2, 0.25) is 0 Å². The van der Waals surface area contributed by atoms with Gasteiger partial charge in [0.1, 0.15) is 5.78 Å². The van der Waals surface area contributed by atoms with E-state index in [0.29, 0.717) is 32.0 Å². The first kappa shape index (κ1) is 15.4. The van der Waals surface area contributed by atoms with Crippen LogP contribution in [0.2, 0.25) is 0 Å². The van der Waals surface area contributed by atoms with Crippen LogP contribution >= 0.6 is 0 Å². The summed E-state index contributed by atoms with van der Waals surface area (Å²) in [6.45, 7) is 3.46. The molecule has 1 atom stereocenters. The van der Waals surface area contributed by atoms with Gasteiger partial charge in [0.25, 0.3) is 0 Å². The first-order valence-corrected chi connectivity index (χ1v) is 7.60. The second-order valence-corrected chi connectivity index (χ2v) is 5.87. The van der Waals surface area contributed by atoms with Crippen LogP contribution < -0.4 is 0 Å². The molecule has 0 unspecified atom stereocenters. The highest BCUT2D eigenvalue weighted by Crippen LogP contribution is 2.27. The fourth-order valence-electron chi connectivity index (χ4n) is 3.05. The van der Waals surface area contributed by atoms with Crippen molar-refractivity contribution >= 4 is 11.8 Å². The molecule has 2 aliphatic rings. The maximum absolute atomic E-state index is 11.6. The average Bonchev–Trinajstić information content (AvgIpc) is 2.75. The number of esters is 1. The number of hydrogen-bond donors (Lipinski definition) is 0. The largest absolute Gasteiger partial charge is 0.466 e. The molecule has 1 aliphatic heterocycles. The number of ketones is 1. The first-order valence-electron chi connectivity index (χ1n) is 7.60. The van der Waals surface area contributed by atoms with Gasteiger partial charge in [-0.1, -0.05) is 0 Å². The van der Waals surface area contributed by atoms with E-state index in [1.807, 2.05) is 14.0 Å². The molecule has 0 aromatic rings. The standard InChI is InChI=1S/C15H25NO4/c1-3-19-15(18)11-4-6-14(7-5-11)20-10-12-8-13(17)9-16(12)2/h11-12,14H,3-10H2,1-2H3/t11-,12-,14-/m0/s1. The summed E-state index contributed by atoms with van der Waals surface area (Å²) in [7, 11) is 1.97. The quantitative estimate of drug-likeness (QED) is 0.714. The van der Waals surface area contributed by atoms with E-state index in [4.69, 9.17) is 9.47 Å². The predicted molar refractivity (Wildman–Crippen MR) is 74.4 cm³/mol. The molecule has 0 aromatic heterocycles. The first-order chi connectivity index (χ1) is 9.60. The molecule has 2 fully saturated rings. The summed E-state index contributed by atoms with van der Waals surface area (Å²) in [5.74, 6) is 0.282. The summed E-state index contributed by atoms with van der Waals surface area (Å²) in [5, 5.41) is 0. The SMILES string of the molecule is CCOC(=O)[C@H]1CC[C@H](OC[C@@H]2CC(=O)CN2C)CC1. The van der Waals surface area contributed by atoms with Gasteiger partial charge in [-0.05, 0) is 39.7 Å². The monoisotopic (exact) mass is 283 g/mol. The summed E-state index contributed by atoms with van der Waals surface area (Å²) in [4.78, 5) is 25.1. The fraction of sp³-hybridized carbons (Fsp3) is 0.867. The van der Waals surface area contributed by atoms with Gasteiger partial charge in [0.05, 0.1) is 31.8 Å². The highest BCUT2D eigenvalue weighted by Gasteiger charge is 2.31. The second kappa shape index (κ2) is 7.18. The third-order valence-corrected chi connectivity index (χ3v) is 4.33. The molecule has 0 amide bonds. The zero-order valence-electron chi connectivity index (χ0n) is 12.5. The topological polar surface area (TPSA) is 55.8 Å². The van der Waals surface area contributed by atoms with Gasteiger partial charge in [-0.15, -0.1) is 0 Å². The lowest BCUT2D eigenvalue weighted by Gasteiger charge is -2.29. The van der Waals surface area contributed by atoms with Crippen molar-refractivity contribution in [2.45, 2.75) is 51.2 Å². The lowest BCUT2D eigenvalue weighted by atomic mass is 9.87. The van der Waals surface area contributed by atoms with E-state index >= 15 is 0 Å². The van der Waals surface area contributed by atoms with Crippen molar-refractivity contribution in [3.63, 3.8) is 0 Å². The minimum Gasteiger partial charge on any atom is -0.466 e. The molecule has 0 aromatic carbocycles. The van der Waals surface area contributed by atoms with Crippen LogP contribution in [0.1, 0.15) is 39.0 Å². The number of hydrogen-bond acceptors (Lipinski definition) is 5. The Labute approximate surface area is 120 Å². The Bertz CT molecular complexity index is 350. The molecule has 0 N–H and O–H groups in total. The molecule has 0 radical (unpaired) electrons. The molecule has 1 aliphatic carbocycles. The van der Waals surface area contributed by atoms with Crippen LogP contribution in [-0.2, 0) is 19.1 Å². The van der Waals surface area contributed by atoms with Crippen LogP contribution in [0.4, 0.5) is 0 Å². The van der Waals surface area contributed by atoms with E-state index in [1.165, 1.54) is 0 Å². The number of ether oxygens (including phenoxy) is 2. The Morgan fingerprint density at radius 3 is 2.55 bits per heavy atom. The molecular weight excluding hydrogens is 258 g/mol. The molecule has 5 nitrogen and oxygen atoms in total. The Hall–Kier alpha value is -0.940. The minimum absolute atomic E-state index is 0.0468. The Morgan fingerprint density at radius 1 is 1.30 bits per heavy atom. The van der Waals surface area contributed by atoms with Crippen molar-refractivity contribution in [1.29, 1.82) is 0 Å². The fourth-order valence-corrected chi connectivity index (χ4v) is 3.05. The highest BCUT2D eigenvalue weighted by molar-refractivity contribution is 5.83. The van der Waals surface area contributed by atoms with E-state index in [0.717, 1.165) is 25.7 Å². The predicted octanol–water partition coefficient (Wildman–Crippen LogP) is 1.40. The normalized spacial score (nSPS) is 31.5. The van der Waals surface area contributed by atoms with Crippen LogP contribution in [0.5, 0.6) is 0 Å². The summed E-state index contributed by atoms with van der Waals surface area (Å²) in [6.07, 6.45) is 4.35. The van der Waals surface area contributed by atoms with Gasteiger partial charge in [0.15, 0.2) is 0 Å². The number of rotatable bonds is 5. The van der Waals surface area contributed by atoms with Crippen LogP contribution in [0.15, 0.2) is 0 Å². The zero-order chi connectivity index (χ0) is 14.5. The molecule has 2 rings (SSSR count). The van der Waals surface area contributed by atoms with Gasteiger partial charge in [-0.3, -0.25) is 14.5 Å². The maximum atomic E-state index is 11.6. The number of likely N-dealkylation sites (N-methyl/N-ethyl adjacent to an activating group) is 1. The van der Waals surface area contributed by atoms with Crippen LogP contribution in [0, 0.1) is 5.92 Å². The van der Waals surface area contributed by atoms with Crippen molar-refractivity contribution < 1.29 is 19.1 Å². The van der Waals surface area contributed by atoms with Crippen molar-refractivity contribution in [1.82, 2.24) is 4.90 Å². The minimum atomic E-state index is -0.0629. The molecule has 1 heterocycles. The van der Waals surface area contributed by atoms with Gasteiger partial charge >= 0.3 is 5.97 Å². The van der Waals surface area contributed by atoms with E-state index in [-0.39, 0.29) is 24.0 Å². The lowest BCUT2D eigenvalue weighted by Crippen LogP contribution is -2.33. The Kier molecular flexibility index (Phi) is 5.54. The zero-order valence-corrected chi connectivity index (χ0v) is 12.5. The third kappa shape index (κ3) is 4.03. The number of Topliss-reactive ketones (excluding diaryl/α,β-unsaturated/α-hetero) is 1. The average molecular weight is 283 g/mol. The van der Waals surface area contributed by atoms with E-state index < -0.39 is 0 Å². The molecule has 0 bridgehead atoms. The van der Waals surface area contributed by atoms with Crippen LogP contribution in [0.3, 0.4) is 0 Å². The van der Waals surface area contributed by atoms with Crippen molar-refractivity contribution in [2.24, 2.45) is 5.92 Å². The number of carbonyl (C=O) groups excluding carboxylic acids is 2. The van der Waals surface area contributed by atoms with E-state index in [1.54, 1.807) is 0 Å². The number of carbonyl (C=O) groups is 2. The van der Waals surface area contributed by atoms with Crippen molar-refractivity contribution in [3.8, 4) is 0 Å². The lowest BCUT2D eigenvalue weighted by molar-refractivity contribution is -0.150. The molecular formula is C15H25NO4. The van der Waals surface area contributed by atoms with Crippen molar-refractivity contribution in [2.75, 3.05) is 26.8 Å². The third-order valence-electron chi connectivity index (χ3n) is 4.33. The van der Waals surface area contributed by atoms with Gasteiger partial charge in [0, 0.05) is 12.5 Å².